The molecule has 1 aromatic carbocycles. The largest absolute Gasteiger partial charge is 0.413 e. The van der Waals surface area contributed by atoms with Gasteiger partial charge in [0.05, 0.1) is 0 Å². The van der Waals surface area contributed by atoms with Crippen molar-refractivity contribution < 1.29 is 22.4 Å². The summed E-state index contributed by atoms with van der Waals surface area (Å²) >= 11 is 3.00. The quantitative estimate of drug-likeness (QED) is 0.867. The Morgan fingerprint density at radius 1 is 1.39 bits per heavy atom. The van der Waals surface area contributed by atoms with Crippen LogP contribution in [0.2, 0.25) is 0 Å². The van der Waals surface area contributed by atoms with Gasteiger partial charge in [0.2, 0.25) is 0 Å². The lowest BCUT2D eigenvalue weighted by Crippen LogP contribution is -2.57. The number of carbonyl (C=O) groups excluding carboxylic acids is 1. The molecule has 0 aliphatic carbocycles. The summed E-state index contributed by atoms with van der Waals surface area (Å²) in [6.45, 7) is 0.575. The minimum absolute atomic E-state index is 0.121. The maximum Gasteiger partial charge on any atom is 0.413 e. The predicted molar refractivity (Wildman–Crippen MR) is 61.5 cm³/mol. The van der Waals surface area contributed by atoms with Gasteiger partial charge in [-0.25, -0.2) is 4.39 Å². The van der Waals surface area contributed by atoms with E-state index in [-0.39, 0.29) is 5.56 Å². The SMILES string of the molecule is CC(N)(C(=O)Cc1ccc(Br)cc1F)C(F)(F)F. The number of carbonyl (C=O) groups is 1. The average molecular weight is 328 g/mol. The molecular weight excluding hydrogens is 318 g/mol. The zero-order valence-corrected chi connectivity index (χ0v) is 10.9. The van der Waals surface area contributed by atoms with Gasteiger partial charge in [-0.2, -0.15) is 13.2 Å². The Bertz CT molecular complexity index is 471. The van der Waals surface area contributed by atoms with Gasteiger partial charge in [0, 0.05) is 10.9 Å². The third-order valence-electron chi connectivity index (χ3n) is 2.53. The Morgan fingerprint density at radius 3 is 2.39 bits per heavy atom. The first-order chi connectivity index (χ1) is 8.05. The van der Waals surface area contributed by atoms with Crippen molar-refractivity contribution in [3.63, 3.8) is 0 Å². The molecule has 1 rings (SSSR count). The van der Waals surface area contributed by atoms with E-state index >= 15 is 0 Å². The molecule has 0 saturated heterocycles. The number of Topliss-reactive ketones (excluding diaryl/α,β-unsaturated/α-hetero) is 1. The van der Waals surface area contributed by atoms with E-state index < -0.39 is 29.7 Å². The topological polar surface area (TPSA) is 43.1 Å². The zero-order valence-electron chi connectivity index (χ0n) is 9.31. The van der Waals surface area contributed by atoms with E-state index in [0.29, 0.717) is 11.4 Å². The second-order valence-electron chi connectivity index (χ2n) is 4.04. The third-order valence-corrected chi connectivity index (χ3v) is 3.03. The number of benzene rings is 1. The summed E-state index contributed by atoms with van der Waals surface area (Å²) in [6.07, 6.45) is -5.57. The molecule has 100 valence electrons. The average Bonchev–Trinajstić information content (AvgIpc) is 2.20. The molecule has 2 N–H and O–H groups in total. The van der Waals surface area contributed by atoms with E-state index in [1.165, 1.54) is 12.1 Å². The number of hydrogen-bond donors (Lipinski definition) is 1. The molecular formula is C11H10BrF4NO. The van der Waals surface area contributed by atoms with Gasteiger partial charge in [0.25, 0.3) is 0 Å². The van der Waals surface area contributed by atoms with E-state index in [1.807, 2.05) is 0 Å². The summed E-state index contributed by atoms with van der Waals surface area (Å²) < 4.78 is 51.3. The van der Waals surface area contributed by atoms with Crippen LogP contribution < -0.4 is 5.73 Å². The van der Waals surface area contributed by atoms with Gasteiger partial charge in [0.1, 0.15) is 5.82 Å². The summed E-state index contributed by atoms with van der Waals surface area (Å²) in [5, 5.41) is 0. The highest BCUT2D eigenvalue weighted by Gasteiger charge is 2.53. The van der Waals surface area contributed by atoms with E-state index in [0.717, 1.165) is 6.07 Å². The maximum atomic E-state index is 13.4. The van der Waals surface area contributed by atoms with Gasteiger partial charge < -0.3 is 5.73 Å². The van der Waals surface area contributed by atoms with Crippen molar-refractivity contribution in [1.82, 2.24) is 0 Å². The Morgan fingerprint density at radius 2 is 1.94 bits per heavy atom. The minimum atomic E-state index is -4.87. The first kappa shape index (κ1) is 15.1. The molecule has 0 fully saturated rings. The van der Waals surface area contributed by atoms with Crippen LogP contribution in [0.3, 0.4) is 0 Å². The molecule has 2 nitrogen and oxygen atoms in total. The lowest BCUT2D eigenvalue weighted by atomic mass is 9.92. The Hall–Kier alpha value is -0.950. The van der Waals surface area contributed by atoms with E-state index in [2.05, 4.69) is 15.9 Å². The number of nitrogens with two attached hydrogens (primary N) is 1. The maximum absolute atomic E-state index is 13.4. The first-order valence-electron chi connectivity index (χ1n) is 4.88. The Kier molecular flexibility index (Phi) is 4.17. The van der Waals surface area contributed by atoms with E-state index in [1.54, 1.807) is 0 Å². The van der Waals surface area contributed by atoms with Gasteiger partial charge in [-0.1, -0.05) is 22.0 Å². The third kappa shape index (κ3) is 3.08. The molecule has 0 radical (unpaired) electrons. The fourth-order valence-electron chi connectivity index (χ4n) is 1.18. The van der Waals surface area contributed by atoms with Crippen molar-refractivity contribution in [3.8, 4) is 0 Å². The second kappa shape index (κ2) is 4.97. The van der Waals surface area contributed by atoms with Crippen LogP contribution in [-0.4, -0.2) is 17.5 Å². The molecule has 0 aliphatic heterocycles. The van der Waals surface area contributed by atoms with E-state index in [9.17, 15) is 22.4 Å². The van der Waals surface area contributed by atoms with Crippen molar-refractivity contribution in [2.45, 2.75) is 25.1 Å². The van der Waals surface area contributed by atoms with Gasteiger partial charge in [-0.3, -0.25) is 4.79 Å². The molecule has 1 atom stereocenters. The first-order valence-corrected chi connectivity index (χ1v) is 5.68. The predicted octanol–water partition coefficient (Wildman–Crippen LogP) is 2.98. The van der Waals surface area contributed by atoms with Crippen LogP contribution in [0.4, 0.5) is 17.6 Å². The number of ketones is 1. The van der Waals surface area contributed by atoms with E-state index in [4.69, 9.17) is 5.73 Å². The van der Waals surface area contributed by atoms with Gasteiger partial charge in [-0.05, 0) is 24.6 Å². The van der Waals surface area contributed by atoms with Crippen LogP contribution in [0.15, 0.2) is 22.7 Å². The summed E-state index contributed by atoms with van der Waals surface area (Å²) in [7, 11) is 0. The fourth-order valence-corrected chi connectivity index (χ4v) is 1.51. The van der Waals surface area contributed by atoms with Crippen LogP contribution in [0.1, 0.15) is 12.5 Å². The van der Waals surface area contributed by atoms with Crippen molar-refractivity contribution in [2.24, 2.45) is 5.73 Å². The van der Waals surface area contributed by atoms with Crippen LogP contribution >= 0.6 is 15.9 Å². The lowest BCUT2D eigenvalue weighted by molar-refractivity contribution is -0.185. The monoisotopic (exact) mass is 327 g/mol. The molecule has 1 aromatic rings. The molecule has 7 heteroatoms. The standard InChI is InChI=1S/C11H10BrF4NO/c1-10(17,11(14,15)16)9(18)4-6-2-3-7(12)5-8(6)13/h2-3,5H,4,17H2,1H3. The smallest absolute Gasteiger partial charge is 0.312 e. The van der Waals surface area contributed by atoms with Gasteiger partial charge >= 0.3 is 6.18 Å². The molecule has 0 saturated carbocycles. The summed E-state index contributed by atoms with van der Waals surface area (Å²) in [5.41, 5.74) is 1.86. The number of hydrogen-bond acceptors (Lipinski definition) is 2. The molecule has 0 spiro atoms. The van der Waals surface area contributed by atoms with Crippen LogP contribution in [0, 0.1) is 5.82 Å². The molecule has 1 unspecified atom stereocenters. The highest BCUT2D eigenvalue weighted by atomic mass is 79.9. The van der Waals surface area contributed by atoms with Crippen LogP contribution in [0.5, 0.6) is 0 Å². The number of halogens is 5. The molecule has 0 aromatic heterocycles. The molecule has 0 bridgehead atoms. The van der Waals surface area contributed by atoms with Crippen molar-refractivity contribution in [3.05, 3.63) is 34.1 Å². The minimum Gasteiger partial charge on any atom is -0.312 e. The lowest BCUT2D eigenvalue weighted by Gasteiger charge is -2.26. The van der Waals surface area contributed by atoms with Crippen LogP contribution in [0.25, 0.3) is 0 Å². The molecule has 18 heavy (non-hydrogen) atoms. The Balaban J connectivity index is 2.95. The van der Waals surface area contributed by atoms with Gasteiger partial charge in [0.15, 0.2) is 11.3 Å². The number of rotatable bonds is 3. The molecule has 0 aliphatic rings. The van der Waals surface area contributed by atoms with Gasteiger partial charge in [-0.15, -0.1) is 0 Å². The fraction of sp³-hybridized carbons (Fsp3) is 0.364. The summed E-state index contributed by atoms with van der Waals surface area (Å²) in [6, 6.07) is 3.75. The normalized spacial score (nSPS) is 15.3. The number of alkyl halides is 3. The molecule has 0 heterocycles. The van der Waals surface area contributed by atoms with Crippen molar-refractivity contribution >= 4 is 21.7 Å². The molecule has 0 amide bonds. The highest BCUT2D eigenvalue weighted by Crippen LogP contribution is 2.30. The zero-order chi connectivity index (χ0) is 14.1. The van der Waals surface area contributed by atoms with Crippen molar-refractivity contribution in [2.75, 3.05) is 0 Å². The van der Waals surface area contributed by atoms with Crippen molar-refractivity contribution in [1.29, 1.82) is 0 Å². The Labute approximate surface area is 109 Å². The van der Waals surface area contributed by atoms with Crippen LogP contribution in [-0.2, 0) is 11.2 Å². The summed E-state index contributed by atoms with van der Waals surface area (Å²) in [4.78, 5) is 11.5. The summed E-state index contributed by atoms with van der Waals surface area (Å²) in [5.74, 6) is -2.04. The second-order valence-corrected chi connectivity index (χ2v) is 4.95. The highest BCUT2D eigenvalue weighted by molar-refractivity contribution is 9.10.